The third kappa shape index (κ3) is 3.76. The van der Waals surface area contributed by atoms with Crippen molar-refractivity contribution in [1.29, 1.82) is 0 Å². The molecule has 1 aliphatic heterocycles. The summed E-state index contributed by atoms with van der Waals surface area (Å²) in [5.41, 5.74) is 2.04. The van der Waals surface area contributed by atoms with Gasteiger partial charge in [0, 0.05) is 29.8 Å². The van der Waals surface area contributed by atoms with Crippen LogP contribution in [0.15, 0.2) is 29.9 Å². The Morgan fingerprint density at radius 2 is 2.00 bits per heavy atom. The van der Waals surface area contributed by atoms with Crippen LogP contribution in [0.1, 0.15) is 26.0 Å². The van der Waals surface area contributed by atoms with E-state index in [0.29, 0.717) is 26.1 Å². The Bertz CT molecular complexity index is 649. The highest BCUT2D eigenvalue weighted by atomic mass is 32.1. The van der Waals surface area contributed by atoms with Crippen molar-refractivity contribution in [2.45, 2.75) is 38.8 Å². The van der Waals surface area contributed by atoms with Gasteiger partial charge in [0.1, 0.15) is 5.01 Å². The lowest BCUT2D eigenvalue weighted by Crippen LogP contribution is -2.52. The number of hydrogen-bond donors (Lipinski definition) is 0. The number of carbonyl (C=O) groups is 1. The molecular formula is C17H21N3O2S. The first kappa shape index (κ1) is 16.1. The van der Waals surface area contributed by atoms with Crippen LogP contribution in [-0.2, 0) is 16.0 Å². The van der Waals surface area contributed by atoms with E-state index < -0.39 is 0 Å². The number of rotatable bonds is 4. The molecular weight excluding hydrogens is 310 g/mol. The Balaban J connectivity index is 1.60. The summed E-state index contributed by atoms with van der Waals surface area (Å²) in [7, 11) is 0. The quantitative estimate of drug-likeness (QED) is 0.864. The van der Waals surface area contributed by atoms with Crippen LogP contribution in [0, 0.1) is 0 Å². The van der Waals surface area contributed by atoms with Gasteiger partial charge in [0.05, 0.1) is 31.0 Å². The lowest BCUT2D eigenvalue weighted by molar-refractivity contribution is -0.144. The average Bonchev–Trinajstić information content (AvgIpc) is 3.02. The molecule has 23 heavy (non-hydrogen) atoms. The normalized spacial score (nSPS) is 21.4. The summed E-state index contributed by atoms with van der Waals surface area (Å²) in [6, 6.07) is 4.19. The van der Waals surface area contributed by atoms with E-state index >= 15 is 0 Å². The first-order chi connectivity index (χ1) is 11.1. The minimum atomic E-state index is 0.147. The summed E-state index contributed by atoms with van der Waals surface area (Å²) in [6.07, 6.45) is 4.70. The minimum Gasteiger partial charge on any atom is -0.377 e. The number of morpholine rings is 1. The molecule has 6 heteroatoms. The minimum absolute atomic E-state index is 0.147. The number of hydrogen-bond acceptors (Lipinski definition) is 5. The number of nitrogens with zero attached hydrogens (tertiary/aromatic N) is 3. The standard InChI is InChI=1S/C17H21N3O2S/c1-12-9-22-10-13(2)20(12)16(21)4-3-15-11-23-17(19-15)14-5-7-18-8-6-14/h5-8,11-13H,3-4,9-10H2,1-2H3. The summed E-state index contributed by atoms with van der Waals surface area (Å²) < 4.78 is 5.48. The topological polar surface area (TPSA) is 55.3 Å². The Morgan fingerprint density at radius 1 is 1.30 bits per heavy atom. The maximum Gasteiger partial charge on any atom is 0.223 e. The highest BCUT2D eigenvalue weighted by molar-refractivity contribution is 7.13. The summed E-state index contributed by atoms with van der Waals surface area (Å²) in [4.78, 5) is 23.1. The Morgan fingerprint density at radius 3 is 2.70 bits per heavy atom. The first-order valence-corrected chi connectivity index (χ1v) is 8.77. The van der Waals surface area contributed by atoms with Crippen molar-refractivity contribution >= 4 is 17.2 Å². The monoisotopic (exact) mass is 331 g/mol. The molecule has 2 aromatic rings. The van der Waals surface area contributed by atoms with Crippen molar-refractivity contribution in [2.24, 2.45) is 0 Å². The van der Waals surface area contributed by atoms with Crippen LogP contribution in [0.5, 0.6) is 0 Å². The summed E-state index contributed by atoms with van der Waals surface area (Å²) in [5, 5.41) is 3.01. The third-order valence-electron chi connectivity index (χ3n) is 4.03. The maximum atomic E-state index is 12.5. The van der Waals surface area contributed by atoms with Crippen molar-refractivity contribution in [3.8, 4) is 10.6 Å². The highest BCUT2D eigenvalue weighted by Crippen LogP contribution is 2.24. The number of carbonyl (C=O) groups excluding carboxylic acids is 1. The SMILES string of the molecule is CC1COCC(C)N1C(=O)CCc1csc(-c2ccncc2)n1. The third-order valence-corrected chi connectivity index (χ3v) is 4.97. The molecule has 1 saturated heterocycles. The molecule has 0 spiro atoms. The molecule has 1 fully saturated rings. The maximum absolute atomic E-state index is 12.5. The number of ether oxygens (including phenoxy) is 1. The molecule has 0 N–H and O–H groups in total. The van der Waals surface area contributed by atoms with Gasteiger partial charge in [-0.05, 0) is 32.4 Å². The zero-order valence-electron chi connectivity index (χ0n) is 13.4. The van der Waals surface area contributed by atoms with E-state index in [1.54, 1.807) is 23.7 Å². The largest absolute Gasteiger partial charge is 0.377 e. The van der Waals surface area contributed by atoms with Crippen molar-refractivity contribution in [1.82, 2.24) is 14.9 Å². The summed E-state index contributed by atoms with van der Waals surface area (Å²) in [5.74, 6) is 0.187. The fourth-order valence-electron chi connectivity index (χ4n) is 2.91. The predicted molar refractivity (Wildman–Crippen MR) is 90.3 cm³/mol. The van der Waals surface area contributed by atoms with Crippen LogP contribution in [-0.4, -0.2) is 46.1 Å². The molecule has 0 bridgehead atoms. The molecule has 0 radical (unpaired) electrons. The van der Waals surface area contributed by atoms with E-state index in [4.69, 9.17) is 4.74 Å². The van der Waals surface area contributed by atoms with Gasteiger partial charge in [-0.25, -0.2) is 4.98 Å². The second-order valence-corrected chi connectivity index (χ2v) is 6.77. The van der Waals surface area contributed by atoms with Gasteiger partial charge in [-0.1, -0.05) is 0 Å². The van der Waals surface area contributed by atoms with Gasteiger partial charge in [-0.3, -0.25) is 9.78 Å². The van der Waals surface area contributed by atoms with Gasteiger partial charge in [0.2, 0.25) is 5.91 Å². The Hall–Kier alpha value is -1.79. The number of aryl methyl sites for hydroxylation is 1. The van der Waals surface area contributed by atoms with Crippen LogP contribution >= 0.6 is 11.3 Å². The number of aromatic nitrogens is 2. The Kier molecular flexibility index (Phi) is 5.03. The van der Waals surface area contributed by atoms with Crippen LogP contribution in [0.3, 0.4) is 0 Å². The van der Waals surface area contributed by atoms with Gasteiger partial charge in [-0.2, -0.15) is 0 Å². The van der Waals surface area contributed by atoms with Gasteiger partial charge >= 0.3 is 0 Å². The molecule has 3 heterocycles. The van der Waals surface area contributed by atoms with Gasteiger partial charge in [0.15, 0.2) is 0 Å². The molecule has 122 valence electrons. The fourth-order valence-corrected chi connectivity index (χ4v) is 3.77. The lowest BCUT2D eigenvalue weighted by Gasteiger charge is -2.38. The van der Waals surface area contributed by atoms with Crippen LogP contribution < -0.4 is 0 Å². The van der Waals surface area contributed by atoms with Gasteiger partial charge in [0.25, 0.3) is 0 Å². The molecule has 1 aliphatic rings. The predicted octanol–water partition coefficient (Wildman–Crippen LogP) is 2.77. The average molecular weight is 331 g/mol. The van der Waals surface area contributed by atoms with E-state index in [1.165, 1.54) is 0 Å². The fraction of sp³-hybridized carbons (Fsp3) is 0.471. The number of thiazole rings is 1. The van der Waals surface area contributed by atoms with Crippen molar-refractivity contribution in [2.75, 3.05) is 13.2 Å². The Labute approximate surface area is 140 Å². The van der Waals surface area contributed by atoms with Crippen molar-refractivity contribution < 1.29 is 9.53 Å². The van der Waals surface area contributed by atoms with E-state index in [-0.39, 0.29) is 18.0 Å². The van der Waals surface area contributed by atoms with Crippen molar-refractivity contribution in [3.63, 3.8) is 0 Å². The lowest BCUT2D eigenvalue weighted by atomic mass is 10.1. The highest BCUT2D eigenvalue weighted by Gasteiger charge is 2.29. The molecule has 2 atom stereocenters. The number of pyridine rings is 1. The first-order valence-electron chi connectivity index (χ1n) is 7.89. The smallest absolute Gasteiger partial charge is 0.223 e. The zero-order chi connectivity index (χ0) is 16.2. The van der Waals surface area contributed by atoms with E-state index in [9.17, 15) is 4.79 Å². The van der Waals surface area contributed by atoms with Crippen molar-refractivity contribution in [3.05, 3.63) is 35.6 Å². The van der Waals surface area contributed by atoms with E-state index in [2.05, 4.69) is 9.97 Å². The second kappa shape index (κ2) is 7.19. The van der Waals surface area contributed by atoms with Crippen LogP contribution in [0.2, 0.25) is 0 Å². The van der Waals surface area contributed by atoms with E-state index in [1.807, 2.05) is 36.3 Å². The number of amides is 1. The summed E-state index contributed by atoms with van der Waals surface area (Å²) in [6.45, 7) is 5.33. The molecule has 0 aromatic carbocycles. The molecule has 1 amide bonds. The molecule has 5 nitrogen and oxygen atoms in total. The van der Waals surface area contributed by atoms with Gasteiger partial charge in [-0.15, -0.1) is 11.3 Å². The molecule has 0 saturated carbocycles. The molecule has 3 rings (SSSR count). The zero-order valence-corrected chi connectivity index (χ0v) is 14.3. The molecule has 0 aliphatic carbocycles. The molecule has 2 unspecified atom stereocenters. The molecule has 2 aromatic heterocycles. The van der Waals surface area contributed by atoms with Crippen LogP contribution in [0.4, 0.5) is 0 Å². The second-order valence-electron chi connectivity index (χ2n) is 5.92. The van der Waals surface area contributed by atoms with Gasteiger partial charge < -0.3 is 9.64 Å². The van der Waals surface area contributed by atoms with E-state index in [0.717, 1.165) is 16.3 Å². The summed E-state index contributed by atoms with van der Waals surface area (Å²) >= 11 is 1.61. The van der Waals surface area contributed by atoms with Crippen LogP contribution in [0.25, 0.3) is 10.6 Å².